The Morgan fingerprint density at radius 2 is 1.91 bits per heavy atom. The van der Waals surface area contributed by atoms with Gasteiger partial charge in [0.15, 0.2) is 0 Å². The molecule has 1 amide bonds. The summed E-state index contributed by atoms with van der Waals surface area (Å²) in [7, 11) is 3.26. The molecule has 22 heavy (non-hydrogen) atoms. The van der Waals surface area contributed by atoms with Crippen LogP contribution in [-0.2, 0) is 6.42 Å². The van der Waals surface area contributed by atoms with Gasteiger partial charge in [0.05, 0.1) is 13.2 Å². The molecule has 0 saturated heterocycles. The zero-order valence-electron chi connectivity index (χ0n) is 12.9. The maximum atomic E-state index is 12.4. The number of rotatable bonds is 6. The van der Waals surface area contributed by atoms with Crippen molar-refractivity contribution >= 4 is 5.91 Å². The van der Waals surface area contributed by atoms with Crippen molar-refractivity contribution in [1.29, 1.82) is 0 Å². The van der Waals surface area contributed by atoms with E-state index >= 15 is 0 Å². The molecule has 2 aromatic rings. The summed E-state index contributed by atoms with van der Waals surface area (Å²) in [4.78, 5) is 13.9. The Morgan fingerprint density at radius 1 is 1.18 bits per heavy atom. The fourth-order valence-electron chi connectivity index (χ4n) is 2.33. The topological polar surface area (TPSA) is 49.8 Å². The van der Waals surface area contributed by atoms with Crippen LogP contribution in [0.5, 0.6) is 5.75 Å². The molecule has 0 aromatic heterocycles. The van der Waals surface area contributed by atoms with Crippen molar-refractivity contribution in [3.05, 3.63) is 65.7 Å². The lowest BCUT2D eigenvalue weighted by Gasteiger charge is -2.21. The summed E-state index contributed by atoms with van der Waals surface area (Å²) in [6.45, 7) is 0.283. The highest BCUT2D eigenvalue weighted by Gasteiger charge is 2.16. The molecule has 0 bridgehead atoms. The van der Waals surface area contributed by atoms with E-state index in [2.05, 4.69) is 0 Å². The minimum Gasteiger partial charge on any atom is -0.497 e. The zero-order valence-corrected chi connectivity index (χ0v) is 12.9. The molecule has 0 aliphatic heterocycles. The van der Waals surface area contributed by atoms with E-state index in [-0.39, 0.29) is 12.5 Å². The van der Waals surface area contributed by atoms with Gasteiger partial charge in [-0.15, -0.1) is 0 Å². The largest absolute Gasteiger partial charge is 0.497 e. The first-order valence-corrected chi connectivity index (χ1v) is 7.21. The van der Waals surface area contributed by atoms with Crippen LogP contribution in [0.4, 0.5) is 0 Å². The lowest BCUT2D eigenvalue weighted by molar-refractivity contribution is 0.0681. The molecule has 0 spiro atoms. The van der Waals surface area contributed by atoms with Gasteiger partial charge in [-0.1, -0.05) is 36.4 Å². The second-order valence-electron chi connectivity index (χ2n) is 5.26. The van der Waals surface area contributed by atoms with Crippen molar-refractivity contribution in [3.63, 3.8) is 0 Å². The number of nitrogens with zero attached hydrogens (tertiary/aromatic N) is 1. The molecule has 2 aromatic carbocycles. The Kier molecular flexibility index (Phi) is 5.55. The number of benzene rings is 2. The minimum absolute atomic E-state index is 0.133. The summed E-state index contributed by atoms with van der Waals surface area (Å²) < 4.78 is 5.12. The number of ether oxygens (including phenoxy) is 1. The molecule has 116 valence electrons. The van der Waals surface area contributed by atoms with Crippen molar-refractivity contribution in [1.82, 2.24) is 4.90 Å². The summed E-state index contributed by atoms with van der Waals surface area (Å²) in [5.74, 6) is 0.509. The average Bonchev–Trinajstić information content (AvgIpc) is 2.55. The van der Waals surface area contributed by atoms with Gasteiger partial charge in [0.25, 0.3) is 5.91 Å². The smallest absolute Gasteiger partial charge is 0.253 e. The lowest BCUT2D eigenvalue weighted by Crippen LogP contribution is -2.35. The number of likely N-dealkylation sites (N-methyl/N-ethyl adjacent to an activating group) is 1. The molecule has 1 N–H and O–H groups in total. The second-order valence-corrected chi connectivity index (χ2v) is 5.26. The van der Waals surface area contributed by atoms with Gasteiger partial charge in [-0.2, -0.15) is 0 Å². The SMILES string of the molecule is COc1cccc(C(=O)N(C)CC(O)Cc2ccccc2)c1. The number of methoxy groups -OCH3 is 1. The number of hydrogen-bond acceptors (Lipinski definition) is 3. The number of amides is 1. The van der Waals surface area contributed by atoms with Crippen molar-refractivity contribution in [2.24, 2.45) is 0 Å². The lowest BCUT2D eigenvalue weighted by atomic mass is 10.1. The Labute approximate surface area is 131 Å². The molecule has 0 aliphatic rings. The van der Waals surface area contributed by atoms with Crippen LogP contribution >= 0.6 is 0 Å². The number of carbonyl (C=O) groups is 1. The predicted molar refractivity (Wildman–Crippen MR) is 86.1 cm³/mol. The first-order valence-electron chi connectivity index (χ1n) is 7.21. The van der Waals surface area contributed by atoms with Gasteiger partial charge in [0.1, 0.15) is 5.75 Å². The predicted octanol–water partition coefficient (Wildman–Crippen LogP) is 2.37. The first kappa shape index (κ1) is 16.0. The summed E-state index contributed by atoms with van der Waals surface area (Å²) in [5.41, 5.74) is 1.60. The Hall–Kier alpha value is -2.33. The monoisotopic (exact) mass is 299 g/mol. The molecule has 0 saturated carbocycles. The van der Waals surface area contributed by atoms with Crippen molar-refractivity contribution < 1.29 is 14.6 Å². The van der Waals surface area contributed by atoms with Crippen molar-refractivity contribution in [2.75, 3.05) is 20.7 Å². The molecule has 0 heterocycles. The average molecular weight is 299 g/mol. The fraction of sp³-hybridized carbons (Fsp3) is 0.278. The normalized spacial score (nSPS) is 11.8. The van der Waals surface area contributed by atoms with Crippen LogP contribution < -0.4 is 4.74 Å². The van der Waals surface area contributed by atoms with Crippen molar-refractivity contribution in [3.8, 4) is 5.75 Å². The third-order valence-corrected chi connectivity index (χ3v) is 3.46. The van der Waals surface area contributed by atoms with E-state index in [1.807, 2.05) is 30.3 Å². The zero-order chi connectivity index (χ0) is 15.9. The maximum absolute atomic E-state index is 12.4. The van der Waals surface area contributed by atoms with Crippen LogP contribution in [-0.4, -0.2) is 42.7 Å². The van der Waals surface area contributed by atoms with Gasteiger partial charge in [-0.3, -0.25) is 4.79 Å². The molecular weight excluding hydrogens is 278 g/mol. The molecule has 4 heteroatoms. The quantitative estimate of drug-likeness (QED) is 0.891. The molecule has 0 radical (unpaired) electrons. The van der Waals surface area contributed by atoms with E-state index in [1.165, 1.54) is 4.90 Å². The third-order valence-electron chi connectivity index (χ3n) is 3.46. The molecule has 1 unspecified atom stereocenters. The summed E-state index contributed by atoms with van der Waals surface area (Å²) in [6, 6.07) is 16.8. The Bertz CT molecular complexity index is 613. The van der Waals surface area contributed by atoms with Crippen LogP contribution in [0.1, 0.15) is 15.9 Å². The van der Waals surface area contributed by atoms with Gasteiger partial charge in [0, 0.05) is 25.6 Å². The van der Waals surface area contributed by atoms with Crippen LogP contribution in [0, 0.1) is 0 Å². The second kappa shape index (κ2) is 7.61. The summed E-state index contributed by atoms with van der Waals surface area (Å²) in [5, 5.41) is 10.2. The van der Waals surface area contributed by atoms with Crippen LogP contribution in [0.3, 0.4) is 0 Å². The minimum atomic E-state index is -0.595. The Morgan fingerprint density at radius 3 is 2.59 bits per heavy atom. The third kappa shape index (κ3) is 4.33. The molecular formula is C18H21NO3. The molecule has 0 aliphatic carbocycles. The van der Waals surface area contributed by atoms with Gasteiger partial charge in [-0.25, -0.2) is 0 Å². The highest BCUT2D eigenvalue weighted by molar-refractivity contribution is 5.94. The molecule has 0 fully saturated rings. The number of aliphatic hydroxyl groups is 1. The van der Waals surface area contributed by atoms with Crippen LogP contribution in [0.25, 0.3) is 0 Å². The standard InChI is InChI=1S/C18H21NO3/c1-19(13-16(20)11-14-7-4-3-5-8-14)18(21)15-9-6-10-17(12-15)22-2/h3-10,12,16,20H,11,13H2,1-2H3. The highest BCUT2D eigenvalue weighted by atomic mass is 16.5. The molecule has 4 nitrogen and oxygen atoms in total. The van der Waals surface area contributed by atoms with Gasteiger partial charge in [-0.05, 0) is 23.8 Å². The first-order chi connectivity index (χ1) is 10.6. The van der Waals surface area contributed by atoms with Gasteiger partial charge in [0.2, 0.25) is 0 Å². The van der Waals surface area contributed by atoms with E-state index in [1.54, 1.807) is 38.4 Å². The fourth-order valence-corrected chi connectivity index (χ4v) is 2.33. The number of hydrogen-bond donors (Lipinski definition) is 1. The summed E-state index contributed by atoms with van der Waals surface area (Å²) in [6.07, 6.45) is -0.0710. The van der Waals surface area contributed by atoms with Crippen LogP contribution in [0.2, 0.25) is 0 Å². The molecule has 2 rings (SSSR count). The van der Waals surface area contributed by atoms with E-state index in [0.29, 0.717) is 17.7 Å². The van der Waals surface area contributed by atoms with Gasteiger partial charge >= 0.3 is 0 Å². The molecule has 1 atom stereocenters. The number of carbonyl (C=O) groups excluding carboxylic acids is 1. The van der Waals surface area contributed by atoms with E-state index in [0.717, 1.165) is 5.56 Å². The Balaban J connectivity index is 1.95. The van der Waals surface area contributed by atoms with E-state index in [4.69, 9.17) is 4.74 Å². The van der Waals surface area contributed by atoms with E-state index in [9.17, 15) is 9.90 Å². The van der Waals surface area contributed by atoms with Crippen molar-refractivity contribution in [2.45, 2.75) is 12.5 Å². The highest BCUT2D eigenvalue weighted by Crippen LogP contribution is 2.14. The van der Waals surface area contributed by atoms with E-state index < -0.39 is 6.10 Å². The number of aliphatic hydroxyl groups excluding tert-OH is 1. The van der Waals surface area contributed by atoms with Gasteiger partial charge < -0.3 is 14.7 Å². The summed E-state index contributed by atoms with van der Waals surface area (Å²) >= 11 is 0. The maximum Gasteiger partial charge on any atom is 0.253 e. The van der Waals surface area contributed by atoms with Crippen LogP contribution in [0.15, 0.2) is 54.6 Å².